The smallest absolute Gasteiger partial charge is 0.264 e. The summed E-state index contributed by atoms with van der Waals surface area (Å²) in [4.78, 5) is 13.0. The van der Waals surface area contributed by atoms with Crippen LogP contribution in [0, 0.1) is 0 Å². The Bertz CT molecular complexity index is 1210. The van der Waals surface area contributed by atoms with Crippen molar-refractivity contribution < 1.29 is 13.2 Å². The minimum absolute atomic E-state index is 0.0743. The van der Waals surface area contributed by atoms with E-state index in [9.17, 15) is 13.2 Å². The Morgan fingerprint density at radius 3 is 2.41 bits per heavy atom. The summed E-state index contributed by atoms with van der Waals surface area (Å²) >= 11 is 5.92. The second-order valence-corrected chi connectivity index (χ2v) is 10.3. The van der Waals surface area contributed by atoms with Crippen LogP contribution in [0.25, 0.3) is 0 Å². The van der Waals surface area contributed by atoms with Gasteiger partial charge in [0.25, 0.3) is 10.0 Å². The summed E-state index contributed by atoms with van der Waals surface area (Å²) in [5.41, 5.74) is 4.14. The fourth-order valence-corrected chi connectivity index (χ4v) is 5.55. The molecule has 0 bridgehead atoms. The third kappa shape index (κ3) is 4.81. The number of benzene rings is 3. The first kappa shape index (κ1) is 22.4. The lowest BCUT2D eigenvalue weighted by atomic mass is 10.0. The van der Waals surface area contributed by atoms with Gasteiger partial charge >= 0.3 is 0 Å². The molecule has 1 unspecified atom stereocenters. The molecule has 1 N–H and O–H groups in total. The van der Waals surface area contributed by atoms with Gasteiger partial charge in [0.05, 0.1) is 16.6 Å². The Hall–Kier alpha value is -2.83. The topological polar surface area (TPSA) is 66.5 Å². The van der Waals surface area contributed by atoms with Crippen molar-refractivity contribution in [3.8, 4) is 0 Å². The molecule has 0 radical (unpaired) electrons. The van der Waals surface area contributed by atoms with Gasteiger partial charge < -0.3 is 5.32 Å². The molecule has 1 aliphatic carbocycles. The van der Waals surface area contributed by atoms with E-state index in [1.807, 2.05) is 13.0 Å². The highest BCUT2D eigenvalue weighted by Crippen LogP contribution is 2.27. The van der Waals surface area contributed by atoms with Crippen LogP contribution in [0.1, 0.15) is 36.1 Å². The summed E-state index contributed by atoms with van der Waals surface area (Å²) in [6.45, 7) is 1.58. The third-order valence-electron chi connectivity index (χ3n) is 5.73. The maximum atomic E-state index is 13.4. The molecule has 0 spiro atoms. The number of para-hydroxylation sites is 1. The van der Waals surface area contributed by atoms with Gasteiger partial charge in [-0.1, -0.05) is 48.0 Å². The average molecular weight is 469 g/mol. The second-order valence-electron chi connectivity index (χ2n) is 7.97. The molecule has 0 aliphatic heterocycles. The summed E-state index contributed by atoms with van der Waals surface area (Å²) < 4.78 is 27.9. The third-order valence-corrected chi connectivity index (χ3v) is 7.77. The molecule has 166 valence electrons. The quantitative estimate of drug-likeness (QED) is 0.536. The first-order valence-electron chi connectivity index (χ1n) is 10.6. The monoisotopic (exact) mass is 468 g/mol. The van der Waals surface area contributed by atoms with Crippen LogP contribution in [0.4, 0.5) is 5.69 Å². The largest absolute Gasteiger partial charge is 0.348 e. The van der Waals surface area contributed by atoms with E-state index in [0.717, 1.165) is 29.1 Å². The number of carbonyl (C=O) groups excluding carboxylic acids is 1. The molecule has 0 saturated heterocycles. The van der Waals surface area contributed by atoms with Crippen LogP contribution in [0.15, 0.2) is 77.7 Å². The lowest BCUT2D eigenvalue weighted by Crippen LogP contribution is -2.41. The van der Waals surface area contributed by atoms with Crippen molar-refractivity contribution in [2.24, 2.45) is 0 Å². The number of amides is 1. The number of halogens is 1. The molecular weight excluding hydrogens is 444 g/mol. The molecule has 0 fully saturated rings. The van der Waals surface area contributed by atoms with E-state index < -0.39 is 10.0 Å². The lowest BCUT2D eigenvalue weighted by Gasteiger charge is -2.25. The van der Waals surface area contributed by atoms with Crippen molar-refractivity contribution in [3.63, 3.8) is 0 Å². The molecular formula is C25H25ClN2O3S. The number of anilines is 1. The predicted octanol–water partition coefficient (Wildman–Crippen LogP) is 4.90. The van der Waals surface area contributed by atoms with E-state index >= 15 is 0 Å². The van der Waals surface area contributed by atoms with Crippen LogP contribution < -0.4 is 9.62 Å². The van der Waals surface area contributed by atoms with Gasteiger partial charge in [0.2, 0.25) is 5.91 Å². The highest BCUT2D eigenvalue weighted by molar-refractivity contribution is 7.92. The summed E-state index contributed by atoms with van der Waals surface area (Å²) in [6, 6.07) is 20.6. The van der Waals surface area contributed by atoms with Gasteiger partial charge in [0.15, 0.2) is 0 Å². The van der Waals surface area contributed by atoms with Crippen molar-refractivity contribution in [1.82, 2.24) is 5.32 Å². The standard InChI is InChI=1S/C25H25ClN2O3S/c1-18(20-11-10-19-6-5-7-21(19)16-20)27-25(29)17-28(23-8-3-2-4-9-23)32(30,31)24-14-12-22(26)13-15-24/h2-4,8-16,18H,5-7,17H2,1H3,(H,27,29). The SMILES string of the molecule is CC(NC(=O)CN(c1ccccc1)S(=O)(=O)c1ccc(Cl)cc1)c1ccc2c(c1)CCC2. The van der Waals surface area contributed by atoms with Crippen LogP contribution >= 0.6 is 11.6 Å². The Balaban J connectivity index is 1.56. The van der Waals surface area contributed by atoms with Crippen molar-refractivity contribution in [3.05, 3.63) is 94.5 Å². The van der Waals surface area contributed by atoms with Gasteiger partial charge in [-0.2, -0.15) is 0 Å². The fraction of sp³-hybridized carbons (Fsp3) is 0.240. The number of nitrogens with zero attached hydrogens (tertiary/aromatic N) is 1. The van der Waals surface area contributed by atoms with Crippen LogP contribution in [0.5, 0.6) is 0 Å². The zero-order valence-corrected chi connectivity index (χ0v) is 19.4. The Kier molecular flexibility index (Phi) is 6.53. The van der Waals surface area contributed by atoms with E-state index in [1.165, 1.54) is 35.4 Å². The summed E-state index contributed by atoms with van der Waals surface area (Å²) in [7, 11) is -3.96. The molecule has 32 heavy (non-hydrogen) atoms. The maximum absolute atomic E-state index is 13.4. The molecule has 3 aromatic carbocycles. The molecule has 0 saturated carbocycles. The molecule has 7 heteroatoms. The minimum atomic E-state index is -3.96. The number of carbonyl (C=O) groups is 1. The number of sulfonamides is 1. The molecule has 4 rings (SSSR count). The predicted molar refractivity (Wildman–Crippen MR) is 127 cm³/mol. The normalized spacial score (nSPS) is 13.9. The van der Waals surface area contributed by atoms with Gasteiger partial charge in [-0.25, -0.2) is 8.42 Å². The Morgan fingerprint density at radius 1 is 1.00 bits per heavy atom. The second kappa shape index (κ2) is 9.35. The highest BCUT2D eigenvalue weighted by atomic mass is 35.5. The van der Waals surface area contributed by atoms with Crippen LogP contribution in [-0.2, 0) is 27.7 Å². The molecule has 1 atom stereocenters. The van der Waals surface area contributed by atoms with Crippen molar-refractivity contribution in [2.75, 3.05) is 10.8 Å². The first-order valence-corrected chi connectivity index (χ1v) is 12.4. The van der Waals surface area contributed by atoms with Gasteiger partial charge in [-0.05, 0) is 79.3 Å². The van der Waals surface area contributed by atoms with Gasteiger partial charge in [0, 0.05) is 5.02 Å². The molecule has 0 heterocycles. The van der Waals surface area contributed by atoms with E-state index in [-0.39, 0.29) is 23.4 Å². The number of aryl methyl sites for hydroxylation is 2. The van der Waals surface area contributed by atoms with Gasteiger partial charge in [-0.15, -0.1) is 0 Å². The van der Waals surface area contributed by atoms with E-state index in [2.05, 4.69) is 17.4 Å². The molecule has 0 aromatic heterocycles. The van der Waals surface area contributed by atoms with Crippen LogP contribution in [0.2, 0.25) is 5.02 Å². The van der Waals surface area contributed by atoms with Gasteiger partial charge in [-0.3, -0.25) is 9.10 Å². The molecule has 1 amide bonds. The number of fused-ring (bicyclic) bond motifs is 1. The van der Waals surface area contributed by atoms with Crippen LogP contribution in [0.3, 0.4) is 0 Å². The lowest BCUT2D eigenvalue weighted by molar-refractivity contribution is -0.120. The minimum Gasteiger partial charge on any atom is -0.348 e. The number of nitrogens with one attached hydrogen (secondary N) is 1. The molecule has 1 aliphatic rings. The van der Waals surface area contributed by atoms with Crippen LogP contribution in [-0.4, -0.2) is 20.9 Å². The summed E-state index contributed by atoms with van der Waals surface area (Å²) in [6.07, 6.45) is 3.32. The molecule has 3 aromatic rings. The Morgan fingerprint density at radius 2 is 1.69 bits per heavy atom. The summed E-state index contributed by atoms with van der Waals surface area (Å²) in [5.74, 6) is -0.376. The van der Waals surface area contributed by atoms with Crippen molar-refractivity contribution in [1.29, 1.82) is 0 Å². The summed E-state index contributed by atoms with van der Waals surface area (Å²) in [5, 5.41) is 3.39. The number of rotatable bonds is 7. The van der Waals surface area contributed by atoms with E-state index in [0.29, 0.717) is 10.7 Å². The van der Waals surface area contributed by atoms with E-state index in [4.69, 9.17) is 11.6 Å². The maximum Gasteiger partial charge on any atom is 0.264 e. The number of hydrogen-bond acceptors (Lipinski definition) is 3. The number of hydrogen-bond donors (Lipinski definition) is 1. The molecule has 5 nitrogen and oxygen atoms in total. The first-order chi connectivity index (χ1) is 15.3. The van der Waals surface area contributed by atoms with Crippen molar-refractivity contribution >= 4 is 33.2 Å². The van der Waals surface area contributed by atoms with Crippen molar-refractivity contribution in [2.45, 2.75) is 37.1 Å². The fourth-order valence-electron chi connectivity index (χ4n) is 4.01. The Labute approximate surface area is 194 Å². The van der Waals surface area contributed by atoms with Gasteiger partial charge in [0.1, 0.15) is 6.54 Å². The average Bonchev–Trinajstić information content (AvgIpc) is 3.26. The zero-order chi connectivity index (χ0) is 22.7. The highest BCUT2D eigenvalue weighted by Gasteiger charge is 2.27. The zero-order valence-electron chi connectivity index (χ0n) is 17.8. The van der Waals surface area contributed by atoms with E-state index in [1.54, 1.807) is 30.3 Å².